The Bertz CT molecular complexity index is 489. The fourth-order valence-corrected chi connectivity index (χ4v) is 3.62. The number of nitrogen functional groups attached to an aromatic ring is 1. The molecule has 2 fully saturated rings. The lowest BCUT2D eigenvalue weighted by molar-refractivity contribution is 0.0435. The summed E-state index contributed by atoms with van der Waals surface area (Å²) in [6.45, 7) is 3.88. The van der Waals surface area contributed by atoms with Gasteiger partial charge in [-0.15, -0.1) is 0 Å². The quantitative estimate of drug-likeness (QED) is 0.768. The third-order valence-electron chi connectivity index (χ3n) is 4.70. The number of carbonyl (C=O) groups is 1. The van der Waals surface area contributed by atoms with Crippen molar-refractivity contribution >= 4 is 11.6 Å². The van der Waals surface area contributed by atoms with Crippen LogP contribution in [0, 0.1) is 5.41 Å². The number of rotatable bonds is 1. The van der Waals surface area contributed by atoms with Crippen molar-refractivity contribution in [2.24, 2.45) is 5.41 Å². The highest BCUT2D eigenvalue weighted by Crippen LogP contribution is 2.36. The number of benzene rings is 1. The number of para-hydroxylation sites is 1. The molecule has 1 aromatic rings. The summed E-state index contributed by atoms with van der Waals surface area (Å²) in [5.74, 6) is 0.0905. The topological polar surface area (TPSA) is 58.4 Å². The molecule has 1 spiro atoms. The van der Waals surface area contributed by atoms with Crippen molar-refractivity contribution < 1.29 is 4.79 Å². The van der Waals surface area contributed by atoms with Crippen LogP contribution in [0.2, 0.25) is 0 Å². The first-order valence-electron chi connectivity index (χ1n) is 7.55. The maximum atomic E-state index is 12.7. The molecule has 1 atom stereocenters. The van der Waals surface area contributed by atoms with Gasteiger partial charge in [0.2, 0.25) is 0 Å². The molecule has 4 nitrogen and oxygen atoms in total. The Morgan fingerprint density at radius 1 is 1.25 bits per heavy atom. The summed E-state index contributed by atoms with van der Waals surface area (Å²) < 4.78 is 0. The maximum absolute atomic E-state index is 12.7. The summed E-state index contributed by atoms with van der Waals surface area (Å²) >= 11 is 0. The molecule has 108 valence electrons. The van der Waals surface area contributed by atoms with Gasteiger partial charge in [0.15, 0.2) is 0 Å². The SMILES string of the molecule is Nc1ccccc1C(=O)N1CCCC2(CCCNC2)C1. The number of nitrogens with two attached hydrogens (primary N) is 1. The van der Waals surface area contributed by atoms with Gasteiger partial charge < -0.3 is 16.0 Å². The number of nitrogens with zero attached hydrogens (tertiary/aromatic N) is 1. The highest BCUT2D eigenvalue weighted by molar-refractivity contribution is 5.99. The maximum Gasteiger partial charge on any atom is 0.255 e. The Balaban J connectivity index is 1.77. The molecule has 3 N–H and O–H groups in total. The van der Waals surface area contributed by atoms with Gasteiger partial charge in [-0.3, -0.25) is 4.79 Å². The Labute approximate surface area is 120 Å². The summed E-state index contributed by atoms with van der Waals surface area (Å²) in [6, 6.07) is 7.38. The molecule has 0 saturated carbocycles. The van der Waals surface area contributed by atoms with Crippen LogP contribution in [0.1, 0.15) is 36.0 Å². The van der Waals surface area contributed by atoms with Gasteiger partial charge in [-0.25, -0.2) is 0 Å². The monoisotopic (exact) mass is 273 g/mol. The number of hydrogen-bond acceptors (Lipinski definition) is 3. The second kappa shape index (κ2) is 5.44. The molecular formula is C16H23N3O. The molecule has 2 aliphatic heterocycles. The van der Waals surface area contributed by atoms with Crippen molar-refractivity contribution in [2.75, 3.05) is 31.9 Å². The van der Waals surface area contributed by atoms with E-state index < -0.39 is 0 Å². The van der Waals surface area contributed by atoms with Crippen LogP contribution in [0.4, 0.5) is 5.69 Å². The molecule has 20 heavy (non-hydrogen) atoms. The van der Waals surface area contributed by atoms with E-state index in [2.05, 4.69) is 5.32 Å². The third-order valence-corrected chi connectivity index (χ3v) is 4.70. The van der Waals surface area contributed by atoms with Crippen LogP contribution < -0.4 is 11.1 Å². The van der Waals surface area contributed by atoms with Gasteiger partial charge in [0.25, 0.3) is 5.91 Å². The van der Waals surface area contributed by atoms with Crippen molar-refractivity contribution in [3.8, 4) is 0 Å². The molecule has 0 bridgehead atoms. The average Bonchev–Trinajstić information content (AvgIpc) is 2.48. The van der Waals surface area contributed by atoms with E-state index >= 15 is 0 Å². The lowest BCUT2D eigenvalue weighted by atomic mass is 9.74. The first-order chi connectivity index (χ1) is 9.70. The van der Waals surface area contributed by atoms with Gasteiger partial charge >= 0.3 is 0 Å². The van der Waals surface area contributed by atoms with Gasteiger partial charge in [-0.1, -0.05) is 12.1 Å². The van der Waals surface area contributed by atoms with E-state index in [1.54, 1.807) is 6.07 Å². The normalized spacial score (nSPS) is 26.7. The van der Waals surface area contributed by atoms with E-state index in [1.807, 2.05) is 23.1 Å². The van der Waals surface area contributed by atoms with Crippen LogP contribution >= 0.6 is 0 Å². The number of piperidine rings is 2. The molecule has 0 aromatic heterocycles. The van der Waals surface area contributed by atoms with Crippen LogP contribution in [0.3, 0.4) is 0 Å². The van der Waals surface area contributed by atoms with Gasteiger partial charge in [0.05, 0.1) is 5.56 Å². The first-order valence-corrected chi connectivity index (χ1v) is 7.55. The van der Waals surface area contributed by atoms with E-state index in [0.717, 1.165) is 32.6 Å². The van der Waals surface area contributed by atoms with Crippen LogP contribution in [-0.2, 0) is 0 Å². The minimum atomic E-state index is 0.0905. The molecule has 1 amide bonds. The van der Waals surface area contributed by atoms with Crippen LogP contribution in [0.15, 0.2) is 24.3 Å². The first kappa shape index (κ1) is 13.4. The Morgan fingerprint density at radius 2 is 2.05 bits per heavy atom. The van der Waals surface area contributed by atoms with Crippen molar-refractivity contribution in [2.45, 2.75) is 25.7 Å². The van der Waals surface area contributed by atoms with Gasteiger partial charge in [0.1, 0.15) is 0 Å². The lowest BCUT2D eigenvalue weighted by Crippen LogP contribution is -2.52. The van der Waals surface area contributed by atoms with E-state index in [0.29, 0.717) is 11.3 Å². The van der Waals surface area contributed by atoms with Crippen molar-refractivity contribution in [1.82, 2.24) is 10.2 Å². The summed E-state index contributed by atoms with van der Waals surface area (Å²) in [5, 5.41) is 3.49. The predicted molar refractivity (Wildman–Crippen MR) is 80.5 cm³/mol. The lowest BCUT2D eigenvalue weighted by Gasteiger charge is -2.45. The molecular weight excluding hydrogens is 250 g/mol. The van der Waals surface area contributed by atoms with Crippen LogP contribution in [0.25, 0.3) is 0 Å². The number of anilines is 1. The van der Waals surface area contributed by atoms with E-state index in [9.17, 15) is 4.79 Å². The number of carbonyl (C=O) groups excluding carboxylic acids is 1. The molecule has 1 unspecified atom stereocenters. The zero-order valence-electron chi connectivity index (χ0n) is 11.9. The Kier molecular flexibility index (Phi) is 3.66. The standard InChI is InChI=1S/C16H23N3O/c17-14-6-2-1-5-13(14)15(20)19-10-4-8-16(12-19)7-3-9-18-11-16/h1-2,5-6,18H,3-4,7-12,17H2. The molecule has 2 heterocycles. The minimum absolute atomic E-state index is 0.0905. The second-order valence-electron chi connectivity index (χ2n) is 6.20. The van der Waals surface area contributed by atoms with Gasteiger partial charge in [0, 0.05) is 30.7 Å². The van der Waals surface area contributed by atoms with E-state index in [1.165, 1.54) is 19.3 Å². The van der Waals surface area contributed by atoms with Crippen molar-refractivity contribution in [3.05, 3.63) is 29.8 Å². The molecule has 0 radical (unpaired) electrons. The number of nitrogens with one attached hydrogen (secondary N) is 1. The predicted octanol–water partition coefficient (Wildman–Crippen LogP) is 1.87. The van der Waals surface area contributed by atoms with Gasteiger partial charge in [-0.05, 0) is 44.4 Å². The highest BCUT2D eigenvalue weighted by Gasteiger charge is 2.38. The Hall–Kier alpha value is -1.55. The molecule has 2 aliphatic rings. The molecule has 4 heteroatoms. The highest BCUT2D eigenvalue weighted by atomic mass is 16.2. The van der Waals surface area contributed by atoms with Gasteiger partial charge in [-0.2, -0.15) is 0 Å². The molecule has 1 aromatic carbocycles. The summed E-state index contributed by atoms with van der Waals surface area (Å²) in [7, 11) is 0. The fourth-order valence-electron chi connectivity index (χ4n) is 3.62. The second-order valence-corrected chi connectivity index (χ2v) is 6.20. The van der Waals surface area contributed by atoms with E-state index in [4.69, 9.17) is 5.73 Å². The smallest absolute Gasteiger partial charge is 0.255 e. The molecule has 2 saturated heterocycles. The van der Waals surface area contributed by atoms with E-state index in [-0.39, 0.29) is 11.3 Å². The van der Waals surface area contributed by atoms with Crippen LogP contribution in [-0.4, -0.2) is 37.0 Å². The Morgan fingerprint density at radius 3 is 2.80 bits per heavy atom. The summed E-state index contributed by atoms with van der Waals surface area (Å²) in [6.07, 6.45) is 4.78. The number of hydrogen-bond donors (Lipinski definition) is 2. The van der Waals surface area contributed by atoms with Crippen LogP contribution in [0.5, 0.6) is 0 Å². The van der Waals surface area contributed by atoms with Crippen molar-refractivity contribution in [3.63, 3.8) is 0 Å². The average molecular weight is 273 g/mol. The fraction of sp³-hybridized carbons (Fsp3) is 0.562. The minimum Gasteiger partial charge on any atom is -0.398 e. The summed E-state index contributed by atoms with van der Waals surface area (Å²) in [4.78, 5) is 14.7. The zero-order valence-corrected chi connectivity index (χ0v) is 11.9. The largest absolute Gasteiger partial charge is 0.398 e. The third kappa shape index (κ3) is 2.52. The molecule has 0 aliphatic carbocycles. The summed E-state index contributed by atoms with van der Waals surface area (Å²) in [5.41, 5.74) is 7.45. The zero-order chi connectivity index (χ0) is 14.0. The van der Waals surface area contributed by atoms with Crippen molar-refractivity contribution in [1.29, 1.82) is 0 Å². The number of likely N-dealkylation sites (tertiary alicyclic amines) is 1. The molecule has 3 rings (SSSR count). The number of amides is 1.